The van der Waals surface area contributed by atoms with E-state index in [9.17, 15) is 4.79 Å². The van der Waals surface area contributed by atoms with E-state index in [1.807, 2.05) is 30.0 Å². The largest absolute Gasteiger partial charge is 0.488 e. The van der Waals surface area contributed by atoms with Gasteiger partial charge in [-0.3, -0.25) is 9.79 Å². The molecular formula is C24H39IN4O2S. The van der Waals surface area contributed by atoms with Crippen molar-refractivity contribution < 1.29 is 9.53 Å². The highest BCUT2D eigenvalue weighted by molar-refractivity contribution is 14.0. The van der Waals surface area contributed by atoms with Crippen LogP contribution in [-0.4, -0.2) is 60.1 Å². The summed E-state index contributed by atoms with van der Waals surface area (Å²) in [5.74, 6) is 4.42. The number of amides is 1. The zero-order valence-electron chi connectivity index (χ0n) is 19.9. The predicted molar refractivity (Wildman–Crippen MR) is 145 cm³/mol. The van der Waals surface area contributed by atoms with Crippen LogP contribution in [0.3, 0.4) is 0 Å². The molecule has 0 aromatic heterocycles. The lowest BCUT2D eigenvalue weighted by atomic mass is 9.85. The Morgan fingerprint density at radius 3 is 2.44 bits per heavy atom. The first kappa shape index (κ1) is 27.1. The van der Waals surface area contributed by atoms with E-state index in [0.717, 1.165) is 67.6 Å². The van der Waals surface area contributed by atoms with E-state index in [4.69, 9.17) is 4.74 Å². The summed E-state index contributed by atoms with van der Waals surface area (Å²) in [6.45, 7) is 8.65. The maximum absolute atomic E-state index is 12.8. The number of nitrogens with one attached hydrogen (secondary N) is 2. The minimum Gasteiger partial charge on any atom is -0.488 e. The molecule has 0 radical (unpaired) electrons. The zero-order chi connectivity index (χ0) is 22.3. The Balaban J connectivity index is 0.00000363. The fourth-order valence-electron chi connectivity index (χ4n) is 4.17. The Kier molecular flexibility index (Phi) is 10.9. The maximum Gasteiger partial charge on any atom is 0.225 e. The lowest BCUT2D eigenvalue weighted by Crippen LogP contribution is -2.47. The van der Waals surface area contributed by atoms with Gasteiger partial charge in [0.1, 0.15) is 11.4 Å². The fraction of sp³-hybridized carbons (Fsp3) is 0.667. The number of benzene rings is 1. The summed E-state index contributed by atoms with van der Waals surface area (Å²) in [6.07, 6.45) is 3.92. The number of rotatable bonds is 5. The highest BCUT2D eigenvalue weighted by atomic mass is 127. The molecule has 8 heteroatoms. The Hall–Kier alpha value is -1.16. The van der Waals surface area contributed by atoms with Crippen LogP contribution in [-0.2, 0) is 11.3 Å². The second-order valence-electron chi connectivity index (χ2n) is 9.38. The van der Waals surface area contributed by atoms with Gasteiger partial charge < -0.3 is 20.3 Å². The summed E-state index contributed by atoms with van der Waals surface area (Å²) in [5, 5.41) is 6.98. The molecule has 1 aromatic carbocycles. The Morgan fingerprint density at radius 2 is 1.81 bits per heavy atom. The summed E-state index contributed by atoms with van der Waals surface area (Å²) in [7, 11) is 1.80. The van der Waals surface area contributed by atoms with E-state index in [2.05, 4.69) is 47.4 Å². The molecule has 0 spiro atoms. The fourth-order valence-corrected chi connectivity index (χ4v) is 5.08. The molecule has 2 fully saturated rings. The van der Waals surface area contributed by atoms with Crippen molar-refractivity contribution in [3.05, 3.63) is 29.8 Å². The van der Waals surface area contributed by atoms with Gasteiger partial charge in [-0.2, -0.15) is 11.8 Å². The van der Waals surface area contributed by atoms with Gasteiger partial charge in [-0.25, -0.2) is 0 Å². The van der Waals surface area contributed by atoms with Gasteiger partial charge in [-0.15, -0.1) is 24.0 Å². The number of aliphatic imine (C=N–C) groups is 1. The van der Waals surface area contributed by atoms with Crippen LogP contribution in [0.5, 0.6) is 5.75 Å². The predicted octanol–water partition coefficient (Wildman–Crippen LogP) is 4.28. The molecule has 0 bridgehead atoms. The topological polar surface area (TPSA) is 66.0 Å². The molecule has 1 aromatic rings. The molecule has 32 heavy (non-hydrogen) atoms. The van der Waals surface area contributed by atoms with Crippen LogP contribution in [0.2, 0.25) is 0 Å². The van der Waals surface area contributed by atoms with E-state index in [0.29, 0.717) is 18.5 Å². The summed E-state index contributed by atoms with van der Waals surface area (Å²) in [4.78, 5) is 19.3. The summed E-state index contributed by atoms with van der Waals surface area (Å²) < 4.78 is 6.10. The molecule has 1 saturated heterocycles. The smallest absolute Gasteiger partial charge is 0.225 e. The van der Waals surface area contributed by atoms with Crippen molar-refractivity contribution in [2.75, 3.05) is 31.6 Å². The minimum atomic E-state index is -0.237. The monoisotopic (exact) mass is 574 g/mol. The Morgan fingerprint density at radius 1 is 1.16 bits per heavy atom. The third-order valence-corrected chi connectivity index (χ3v) is 6.74. The van der Waals surface area contributed by atoms with Gasteiger partial charge in [0.15, 0.2) is 5.96 Å². The number of guanidine groups is 1. The van der Waals surface area contributed by atoms with Gasteiger partial charge in [0.05, 0.1) is 0 Å². The Bertz CT molecular complexity index is 755. The summed E-state index contributed by atoms with van der Waals surface area (Å²) >= 11 is 1.95. The molecule has 1 amide bonds. The van der Waals surface area contributed by atoms with Crippen molar-refractivity contribution in [3.63, 3.8) is 0 Å². The molecule has 0 unspecified atom stereocenters. The number of halogens is 1. The lowest BCUT2D eigenvalue weighted by Gasteiger charge is -2.34. The minimum absolute atomic E-state index is 0. The number of para-hydroxylation sites is 1. The van der Waals surface area contributed by atoms with E-state index in [-0.39, 0.29) is 35.5 Å². The second-order valence-corrected chi connectivity index (χ2v) is 10.6. The maximum atomic E-state index is 12.8. The second kappa shape index (κ2) is 12.9. The van der Waals surface area contributed by atoms with Crippen LogP contribution in [0.1, 0.15) is 52.0 Å². The first-order valence-corrected chi connectivity index (χ1v) is 12.6. The van der Waals surface area contributed by atoms with Crippen molar-refractivity contribution in [1.29, 1.82) is 0 Å². The lowest BCUT2D eigenvalue weighted by molar-refractivity contribution is -0.136. The number of nitrogens with zero attached hydrogens (tertiary/aromatic N) is 2. The van der Waals surface area contributed by atoms with Gasteiger partial charge >= 0.3 is 0 Å². The van der Waals surface area contributed by atoms with Gasteiger partial charge in [0.2, 0.25) is 5.91 Å². The third kappa shape index (κ3) is 8.32. The molecule has 0 atom stereocenters. The molecule has 1 heterocycles. The molecule has 1 aliphatic carbocycles. The molecule has 6 nitrogen and oxygen atoms in total. The molecule has 180 valence electrons. The van der Waals surface area contributed by atoms with Gasteiger partial charge in [-0.05, 0) is 52.5 Å². The van der Waals surface area contributed by atoms with Crippen LogP contribution >= 0.6 is 35.7 Å². The first-order chi connectivity index (χ1) is 14.9. The molecule has 1 aliphatic heterocycles. The van der Waals surface area contributed by atoms with Crippen molar-refractivity contribution >= 4 is 47.6 Å². The zero-order valence-corrected chi connectivity index (χ0v) is 23.0. The number of hydrogen-bond acceptors (Lipinski definition) is 4. The van der Waals surface area contributed by atoms with E-state index >= 15 is 0 Å². The quantitative estimate of drug-likeness (QED) is 0.312. The highest BCUT2D eigenvalue weighted by Gasteiger charge is 2.30. The molecule has 1 saturated carbocycles. The summed E-state index contributed by atoms with van der Waals surface area (Å²) in [5.41, 5.74) is 0.869. The van der Waals surface area contributed by atoms with Crippen LogP contribution in [0.25, 0.3) is 0 Å². The molecule has 2 N–H and O–H groups in total. The number of carbonyl (C=O) groups is 1. The normalized spacial score (nSPS) is 22.0. The molecule has 3 rings (SSSR count). The molecular weight excluding hydrogens is 535 g/mol. The van der Waals surface area contributed by atoms with Crippen LogP contribution in [0, 0.1) is 5.92 Å². The molecule has 2 aliphatic rings. The van der Waals surface area contributed by atoms with Crippen molar-refractivity contribution in [2.24, 2.45) is 10.9 Å². The third-order valence-electron chi connectivity index (χ3n) is 5.80. The SMILES string of the molecule is CN=C(NCc1ccccc1OC(C)(C)C)NC1CCC(C(=O)N2CCSCC2)CC1.I. The van der Waals surface area contributed by atoms with E-state index in [1.54, 1.807) is 7.05 Å². The van der Waals surface area contributed by atoms with Gasteiger partial charge in [0.25, 0.3) is 0 Å². The average Bonchev–Trinajstić information content (AvgIpc) is 2.77. The van der Waals surface area contributed by atoms with Crippen LogP contribution < -0.4 is 15.4 Å². The van der Waals surface area contributed by atoms with E-state index in [1.165, 1.54) is 0 Å². The number of thioether (sulfide) groups is 1. The van der Waals surface area contributed by atoms with Crippen LogP contribution in [0.4, 0.5) is 0 Å². The van der Waals surface area contributed by atoms with Crippen molar-refractivity contribution in [2.45, 2.75) is 64.6 Å². The summed E-state index contributed by atoms with van der Waals surface area (Å²) in [6, 6.07) is 8.48. The number of carbonyl (C=O) groups excluding carboxylic acids is 1. The van der Waals surface area contributed by atoms with E-state index < -0.39 is 0 Å². The van der Waals surface area contributed by atoms with Crippen molar-refractivity contribution in [3.8, 4) is 5.75 Å². The number of ether oxygens (including phenoxy) is 1. The van der Waals surface area contributed by atoms with Crippen molar-refractivity contribution in [1.82, 2.24) is 15.5 Å². The Labute approximate surface area is 214 Å². The first-order valence-electron chi connectivity index (χ1n) is 11.5. The average molecular weight is 575 g/mol. The standard InChI is InChI=1S/C24H38N4O2S.HI/c1-24(2,3)30-21-8-6-5-7-19(21)17-26-23(25-4)27-20-11-9-18(10-12-20)22(29)28-13-15-31-16-14-28;/h5-8,18,20H,9-17H2,1-4H3,(H2,25,26,27);1H. The van der Waals surface area contributed by atoms with Crippen LogP contribution in [0.15, 0.2) is 29.3 Å². The van der Waals surface area contributed by atoms with Gasteiger partial charge in [-0.1, -0.05) is 18.2 Å². The van der Waals surface area contributed by atoms with Gasteiger partial charge in [0, 0.05) is 55.7 Å². The highest BCUT2D eigenvalue weighted by Crippen LogP contribution is 2.27. The number of hydrogen-bond donors (Lipinski definition) is 2.